The minimum atomic E-state index is -1.05. The van der Waals surface area contributed by atoms with E-state index in [2.05, 4.69) is 70.5 Å². The van der Waals surface area contributed by atoms with Crippen molar-refractivity contribution in [2.45, 2.75) is 71.3 Å². The van der Waals surface area contributed by atoms with Crippen molar-refractivity contribution in [1.82, 2.24) is 40.4 Å². The number of allylic oxidation sites excluding steroid dienone is 3. The van der Waals surface area contributed by atoms with Gasteiger partial charge in [0.1, 0.15) is 36.1 Å². The lowest BCUT2D eigenvalue weighted by Gasteiger charge is -2.30. The van der Waals surface area contributed by atoms with Crippen molar-refractivity contribution in [1.29, 1.82) is 0 Å². The number of hydrogen-bond donors (Lipinski definition) is 4. The molecule has 8 rings (SSSR count). The number of rotatable bonds is 13. The number of methoxy groups -OCH3 is 3. The second-order valence-corrected chi connectivity index (χ2v) is 17.8. The third-order valence-corrected chi connectivity index (χ3v) is 12.8. The van der Waals surface area contributed by atoms with Gasteiger partial charge in [-0.05, 0) is 83.5 Å². The zero-order valence-electron chi connectivity index (χ0n) is 38.5. The van der Waals surface area contributed by atoms with Crippen LogP contribution in [0.4, 0.5) is 9.59 Å². The zero-order valence-corrected chi connectivity index (χ0v) is 38.5. The molecule has 0 spiro atoms. The van der Waals surface area contributed by atoms with E-state index in [1.54, 1.807) is 30.4 Å². The summed E-state index contributed by atoms with van der Waals surface area (Å²) in [7, 11) is 4.19. The molecule has 5 aromatic rings. The Labute approximate surface area is 383 Å². The number of fused-ring (bicyclic) bond motifs is 6. The molecule has 4 N–H and O–H groups in total. The fourth-order valence-corrected chi connectivity index (χ4v) is 9.54. The number of carbonyl (C=O) groups is 4. The summed E-state index contributed by atoms with van der Waals surface area (Å²) in [4.78, 5) is 73.3. The molecule has 5 heterocycles. The van der Waals surface area contributed by atoms with Crippen LogP contribution < -0.4 is 15.4 Å². The van der Waals surface area contributed by atoms with Crippen molar-refractivity contribution in [3.05, 3.63) is 102 Å². The first kappa shape index (κ1) is 45.6. The van der Waals surface area contributed by atoms with Crippen LogP contribution >= 0.6 is 0 Å². The van der Waals surface area contributed by atoms with Gasteiger partial charge in [-0.2, -0.15) is 0 Å². The first-order valence-corrected chi connectivity index (χ1v) is 22.4. The van der Waals surface area contributed by atoms with E-state index in [9.17, 15) is 19.2 Å². The summed E-state index contributed by atoms with van der Waals surface area (Å²) in [6.45, 7) is 13.7. The van der Waals surface area contributed by atoms with Crippen molar-refractivity contribution in [2.24, 2.45) is 17.8 Å². The third-order valence-electron chi connectivity index (χ3n) is 12.8. The quantitative estimate of drug-likeness (QED) is 0.0845. The Morgan fingerprint density at radius 3 is 2.41 bits per heavy atom. The molecular weight excluding hydrogens is 841 g/mol. The lowest BCUT2D eigenvalue weighted by molar-refractivity contribution is -0.135. The molecule has 0 unspecified atom stereocenters. The molecule has 66 heavy (non-hydrogen) atoms. The topological polar surface area (TPSA) is 193 Å². The lowest BCUT2D eigenvalue weighted by atomic mass is 9.92. The van der Waals surface area contributed by atoms with Gasteiger partial charge < -0.3 is 49.3 Å². The van der Waals surface area contributed by atoms with E-state index < -0.39 is 30.3 Å². The summed E-state index contributed by atoms with van der Waals surface area (Å²) in [5.74, 6) is 1.75. The number of likely N-dealkylation sites (tertiary alicyclic amines) is 2. The van der Waals surface area contributed by atoms with E-state index >= 15 is 0 Å². The van der Waals surface area contributed by atoms with Crippen molar-refractivity contribution in [2.75, 3.05) is 41.0 Å². The summed E-state index contributed by atoms with van der Waals surface area (Å²) in [5.41, 5.74) is 6.82. The van der Waals surface area contributed by atoms with Crippen molar-refractivity contribution in [3.8, 4) is 28.1 Å². The average Bonchev–Trinajstić information content (AvgIpc) is 4.14. The average molecular weight is 899 g/mol. The van der Waals surface area contributed by atoms with Gasteiger partial charge >= 0.3 is 12.2 Å². The molecule has 3 aliphatic rings. The second kappa shape index (κ2) is 19.3. The van der Waals surface area contributed by atoms with Gasteiger partial charge in [-0.15, -0.1) is 0 Å². The van der Waals surface area contributed by atoms with Crippen LogP contribution in [0.2, 0.25) is 0 Å². The highest BCUT2D eigenvalue weighted by atomic mass is 16.5. The predicted octanol–water partition coefficient (Wildman–Crippen LogP) is 7.90. The first-order valence-electron chi connectivity index (χ1n) is 22.4. The Morgan fingerprint density at radius 2 is 1.67 bits per heavy atom. The Morgan fingerprint density at radius 1 is 0.909 bits per heavy atom. The molecule has 0 bridgehead atoms. The SMILES string of the molecule is C=C(/C=C\C=C/C)[C@@H](NC(=O)OC)C(=O)N1C[C@@H](COC)C[C@H]1c1ncc(-c2ccc3c(c2)COc2cc4c(ccc5nc([C@@H]6C[C@H](C)CN6C(=O)[C@@H](NC(=O)OC)C(C)C)[nH]c54)cc2-3)[nH]1. The third kappa shape index (κ3) is 9.01. The molecule has 2 fully saturated rings. The number of benzene rings is 3. The molecule has 4 amide bonds. The van der Waals surface area contributed by atoms with Crippen molar-refractivity contribution >= 4 is 45.8 Å². The molecule has 2 aromatic heterocycles. The van der Waals surface area contributed by atoms with E-state index in [4.69, 9.17) is 28.9 Å². The van der Waals surface area contributed by atoms with Gasteiger partial charge in [-0.3, -0.25) is 9.59 Å². The summed E-state index contributed by atoms with van der Waals surface area (Å²) in [6.07, 6.45) is 8.90. The minimum Gasteiger partial charge on any atom is -0.488 e. The smallest absolute Gasteiger partial charge is 0.407 e. The van der Waals surface area contributed by atoms with Crippen LogP contribution in [-0.4, -0.2) is 107 Å². The number of nitrogens with zero attached hydrogens (tertiary/aromatic N) is 4. The molecule has 2 saturated heterocycles. The maximum absolute atomic E-state index is 14.3. The van der Waals surface area contributed by atoms with Gasteiger partial charge in [0.15, 0.2) is 0 Å². The van der Waals surface area contributed by atoms with Crippen molar-refractivity contribution < 1.29 is 38.1 Å². The normalized spacial score (nSPS) is 20.1. The summed E-state index contributed by atoms with van der Waals surface area (Å²) in [6, 6.07) is 12.1. The number of aromatic amines is 2. The second-order valence-electron chi connectivity index (χ2n) is 17.8. The molecular formula is C50H58N8O8. The minimum absolute atomic E-state index is 0.0459. The molecule has 16 nitrogen and oxygen atoms in total. The van der Waals surface area contributed by atoms with Crippen LogP contribution in [0.1, 0.15) is 69.8 Å². The van der Waals surface area contributed by atoms with E-state index in [1.807, 2.05) is 43.9 Å². The molecule has 0 saturated carbocycles. The summed E-state index contributed by atoms with van der Waals surface area (Å²) in [5, 5.41) is 7.37. The molecule has 0 radical (unpaired) electrons. The number of H-pyrrole nitrogens is 2. The van der Waals surface area contributed by atoms with E-state index in [1.165, 1.54) is 14.2 Å². The van der Waals surface area contributed by atoms with Gasteiger partial charge in [0.05, 0.1) is 55.8 Å². The predicted molar refractivity (Wildman–Crippen MR) is 250 cm³/mol. The Balaban J connectivity index is 1.05. The van der Waals surface area contributed by atoms with Crippen LogP contribution in [0.5, 0.6) is 5.75 Å². The zero-order chi connectivity index (χ0) is 46.8. The number of alkyl carbamates (subject to hydrolysis) is 2. The molecule has 16 heteroatoms. The number of amides is 4. The van der Waals surface area contributed by atoms with Crippen LogP contribution in [0.25, 0.3) is 44.2 Å². The maximum atomic E-state index is 14.3. The fourth-order valence-electron chi connectivity index (χ4n) is 9.54. The number of aromatic nitrogens is 4. The fraction of sp³-hybridized carbons (Fsp3) is 0.400. The number of nitrogens with one attached hydrogen (secondary N) is 4. The Kier molecular flexibility index (Phi) is 13.3. The number of imidazole rings is 2. The summed E-state index contributed by atoms with van der Waals surface area (Å²) < 4.78 is 21.7. The number of carbonyl (C=O) groups excluding carboxylic acids is 4. The Bertz CT molecular complexity index is 2740. The van der Waals surface area contributed by atoms with Crippen LogP contribution in [-0.2, 0) is 30.4 Å². The van der Waals surface area contributed by atoms with Gasteiger partial charge in [0.25, 0.3) is 5.91 Å². The number of ether oxygens (including phenoxy) is 4. The highest BCUT2D eigenvalue weighted by Gasteiger charge is 2.42. The van der Waals surface area contributed by atoms with Crippen LogP contribution in [0.3, 0.4) is 0 Å². The van der Waals surface area contributed by atoms with Gasteiger partial charge in [-0.25, -0.2) is 19.6 Å². The maximum Gasteiger partial charge on any atom is 0.407 e. The van der Waals surface area contributed by atoms with Gasteiger partial charge in [0.2, 0.25) is 5.91 Å². The van der Waals surface area contributed by atoms with E-state index in [0.29, 0.717) is 49.9 Å². The lowest BCUT2D eigenvalue weighted by Crippen LogP contribution is -2.51. The standard InChI is InChI=1S/C50H58N8O8/c1-9-10-11-12-29(5)43(56-50(62)65-8)48(60)58-24-30(25-63-6)18-40(58)45-51-22-38(53-45)32-13-15-34-33(19-32)26-66-41-21-35-31(20-36(34)41)14-16-37-44(35)54-46(52-37)39-17-28(4)23-57(39)47(59)42(27(2)3)55-49(61)64-7/h9-16,19-22,27-28,30,39-40,42-43H,5,17-18,23-26H2,1-4,6-8H3,(H,51,53)(H,52,54)(H,55,61)(H,56,62)/b10-9-,12-11-/t28-,30-,39-,40-,42-,43+/m0/s1. The van der Waals surface area contributed by atoms with Crippen molar-refractivity contribution in [3.63, 3.8) is 0 Å². The molecule has 6 atom stereocenters. The van der Waals surface area contributed by atoms with Crippen LogP contribution in [0, 0.1) is 17.8 Å². The highest BCUT2D eigenvalue weighted by Crippen LogP contribution is 2.44. The molecule has 3 aliphatic heterocycles. The largest absolute Gasteiger partial charge is 0.488 e. The number of hydrogen-bond acceptors (Lipinski definition) is 10. The monoisotopic (exact) mass is 898 g/mol. The Hall–Kier alpha value is -6.94. The molecule has 346 valence electrons. The van der Waals surface area contributed by atoms with Gasteiger partial charge in [-0.1, -0.05) is 69.9 Å². The first-order chi connectivity index (χ1) is 31.8. The van der Waals surface area contributed by atoms with E-state index in [0.717, 1.165) is 61.9 Å². The highest BCUT2D eigenvalue weighted by molar-refractivity contribution is 6.07. The van der Waals surface area contributed by atoms with Crippen LogP contribution in [0.15, 0.2) is 85.1 Å². The van der Waals surface area contributed by atoms with E-state index in [-0.39, 0.29) is 35.6 Å². The molecule has 3 aromatic carbocycles. The molecule has 0 aliphatic carbocycles. The summed E-state index contributed by atoms with van der Waals surface area (Å²) >= 11 is 0. The van der Waals surface area contributed by atoms with Gasteiger partial charge in [0, 0.05) is 37.1 Å².